The average Bonchev–Trinajstić information content (AvgIpc) is 2.77. The average molecular weight is 234 g/mol. The quantitative estimate of drug-likeness (QED) is 0.686. The third-order valence-electron chi connectivity index (χ3n) is 2.85. The van der Waals surface area contributed by atoms with E-state index in [-0.39, 0.29) is 11.9 Å². The number of carbonyl (C=O) groups excluding carboxylic acids is 1. The number of pyridine rings is 1. The minimum absolute atomic E-state index is 0.0609. The standard InChI is InChI=1S/C12H18N4O/c1-9-7-11(16-15-9)12(17)14-6-4-10-3-2-5-13-8-10/h2-3,5,8-9,11,15-16H,4,6-7H2,1H3,(H,14,17). The molecule has 2 rings (SSSR count). The van der Waals surface area contributed by atoms with Crippen LogP contribution in [0.25, 0.3) is 0 Å². The highest BCUT2D eigenvalue weighted by atomic mass is 16.2. The van der Waals surface area contributed by atoms with E-state index in [0.29, 0.717) is 12.6 Å². The van der Waals surface area contributed by atoms with Gasteiger partial charge in [0.1, 0.15) is 6.04 Å². The molecule has 0 aromatic carbocycles. The van der Waals surface area contributed by atoms with E-state index >= 15 is 0 Å². The van der Waals surface area contributed by atoms with Crippen LogP contribution in [-0.2, 0) is 11.2 Å². The van der Waals surface area contributed by atoms with Crippen molar-refractivity contribution >= 4 is 5.91 Å². The smallest absolute Gasteiger partial charge is 0.238 e. The molecule has 1 saturated heterocycles. The fraction of sp³-hybridized carbons (Fsp3) is 0.500. The summed E-state index contributed by atoms with van der Waals surface area (Å²) in [6, 6.07) is 4.15. The van der Waals surface area contributed by atoms with Gasteiger partial charge in [-0.05, 0) is 31.4 Å². The second kappa shape index (κ2) is 5.75. The summed E-state index contributed by atoms with van der Waals surface area (Å²) < 4.78 is 0. The molecule has 0 saturated carbocycles. The first-order valence-electron chi connectivity index (χ1n) is 5.93. The Kier molecular flexibility index (Phi) is 4.06. The Morgan fingerprint density at radius 2 is 2.47 bits per heavy atom. The molecular formula is C12H18N4O. The predicted molar refractivity (Wildman–Crippen MR) is 65.1 cm³/mol. The first-order chi connectivity index (χ1) is 8.25. The van der Waals surface area contributed by atoms with E-state index in [4.69, 9.17) is 0 Å². The van der Waals surface area contributed by atoms with Gasteiger partial charge >= 0.3 is 0 Å². The van der Waals surface area contributed by atoms with Crippen molar-refractivity contribution in [1.82, 2.24) is 21.2 Å². The Bertz CT molecular complexity index is 368. The molecule has 0 spiro atoms. The highest BCUT2D eigenvalue weighted by molar-refractivity contribution is 5.82. The molecule has 2 unspecified atom stereocenters. The van der Waals surface area contributed by atoms with Gasteiger partial charge in [0.05, 0.1) is 0 Å². The highest BCUT2D eigenvalue weighted by Gasteiger charge is 2.25. The van der Waals surface area contributed by atoms with E-state index in [1.165, 1.54) is 0 Å². The second-order valence-electron chi connectivity index (χ2n) is 4.38. The highest BCUT2D eigenvalue weighted by Crippen LogP contribution is 2.03. The van der Waals surface area contributed by atoms with Gasteiger partial charge in [-0.1, -0.05) is 6.07 Å². The molecule has 1 aromatic heterocycles. The molecular weight excluding hydrogens is 216 g/mol. The summed E-state index contributed by atoms with van der Waals surface area (Å²) >= 11 is 0. The molecule has 2 heterocycles. The fourth-order valence-corrected chi connectivity index (χ4v) is 1.89. The van der Waals surface area contributed by atoms with Crippen LogP contribution >= 0.6 is 0 Å². The van der Waals surface area contributed by atoms with Crippen LogP contribution in [0.3, 0.4) is 0 Å². The molecule has 5 heteroatoms. The number of hydrazine groups is 1. The Morgan fingerprint density at radius 3 is 3.12 bits per heavy atom. The zero-order valence-electron chi connectivity index (χ0n) is 9.94. The lowest BCUT2D eigenvalue weighted by atomic mass is 10.1. The maximum Gasteiger partial charge on any atom is 0.238 e. The van der Waals surface area contributed by atoms with Gasteiger partial charge < -0.3 is 5.32 Å². The van der Waals surface area contributed by atoms with E-state index in [1.54, 1.807) is 6.20 Å². The van der Waals surface area contributed by atoms with Crippen molar-refractivity contribution in [2.24, 2.45) is 0 Å². The molecule has 0 aliphatic carbocycles. The van der Waals surface area contributed by atoms with Crippen molar-refractivity contribution in [1.29, 1.82) is 0 Å². The van der Waals surface area contributed by atoms with Crippen LogP contribution in [0, 0.1) is 0 Å². The first kappa shape index (κ1) is 12.0. The third kappa shape index (κ3) is 3.51. The molecule has 1 fully saturated rings. The van der Waals surface area contributed by atoms with Gasteiger partial charge in [-0.2, -0.15) is 0 Å². The van der Waals surface area contributed by atoms with Gasteiger partial charge in [-0.3, -0.25) is 15.2 Å². The van der Waals surface area contributed by atoms with Gasteiger partial charge in [0, 0.05) is 25.0 Å². The lowest BCUT2D eigenvalue weighted by molar-refractivity contribution is -0.122. The van der Waals surface area contributed by atoms with Crippen LogP contribution in [0.1, 0.15) is 18.9 Å². The lowest BCUT2D eigenvalue weighted by Gasteiger charge is -2.10. The van der Waals surface area contributed by atoms with Crippen molar-refractivity contribution < 1.29 is 4.79 Å². The zero-order valence-corrected chi connectivity index (χ0v) is 9.94. The fourth-order valence-electron chi connectivity index (χ4n) is 1.89. The van der Waals surface area contributed by atoms with E-state index in [9.17, 15) is 4.79 Å². The summed E-state index contributed by atoms with van der Waals surface area (Å²) in [4.78, 5) is 15.8. The Balaban J connectivity index is 1.70. The van der Waals surface area contributed by atoms with Crippen molar-refractivity contribution in [2.45, 2.75) is 31.8 Å². The molecule has 92 valence electrons. The Morgan fingerprint density at radius 1 is 1.59 bits per heavy atom. The first-order valence-corrected chi connectivity index (χ1v) is 5.93. The van der Waals surface area contributed by atoms with E-state index in [1.807, 2.05) is 18.3 Å². The van der Waals surface area contributed by atoms with Crippen molar-refractivity contribution in [3.63, 3.8) is 0 Å². The lowest BCUT2D eigenvalue weighted by Crippen LogP contribution is -2.43. The minimum atomic E-state index is -0.112. The monoisotopic (exact) mass is 234 g/mol. The molecule has 1 aromatic rings. The van der Waals surface area contributed by atoms with Crippen LogP contribution in [0.2, 0.25) is 0 Å². The predicted octanol–water partition coefficient (Wildman–Crippen LogP) is -0.00470. The summed E-state index contributed by atoms with van der Waals surface area (Å²) in [5.74, 6) is 0.0609. The minimum Gasteiger partial charge on any atom is -0.354 e. The Labute approximate surface area is 101 Å². The summed E-state index contributed by atoms with van der Waals surface area (Å²) in [7, 11) is 0. The maximum absolute atomic E-state index is 11.8. The molecule has 0 bridgehead atoms. The number of amides is 1. The van der Waals surface area contributed by atoms with Gasteiger partial charge in [0.2, 0.25) is 5.91 Å². The van der Waals surface area contributed by atoms with Crippen LogP contribution in [0.4, 0.5) is 0 Å². The SMILES string of the molecule is CC1CC(C(=O)NCCc2cccnc2)NN1. The zero-order chi connectivity index (χ0) is 12.1. The van der Waals surface area contributed by atoms with Crippen molar-refractivity contribution in [2.75, 3.05) is 6.54 Å². The topological polar surface area (TPSA) is 66.0 Å². The molecule has 5 nitrogen and oxygen atoms in total. The number of hydrogen-bond acceptors (Lipinski definition) is 4. The van der Waals surface area contributed by atoms with Gasteiger partial charge in [-0.15, -0.1) is 0 Å². The molecule has 1 aliphatic heterocycles. The molecule has 1 amide bonds. The van der Waals surface area contributed by atoms with Gasteiger partial charge in [0.15, 0.2) is 0 Å². The summed E-state index contributed by atoms with van der Waals surface area (Å²) in [6.07, 6.45) is 5.22. The van der Waals surface area contributed by atoms with E-state index in [0.717, 1.165) is 18.4 Å². The molecule has 1 aliphatic rings. The van der Waals surface area contributed by atoms with Gasteiger partial charge in [-0.25, -0.2) is 5.43 Å². The van der Waals surface area contributed by atoms with E-state index in [2.05, 4.69) is 28.1 Å². The second-order valence-corrected chi connectivity index (χ2v) is 4.38. The third-order valence-corrected chi connectivity index (χ3v) is 2.85. The number of rotatable bonds is 4. The number of nitrogens with one attached hydrogen (secondary N) is 3. The van der Waals surface area contributed by atoms with Crippen molar-refractivity contribution in [3.8, 4) is 0 Å². The number of aromatic nitrogens is 1. The number of hydrogen-bond donors (Lipinski definition) is 3. The van der Waals surface area contributed by atoms with Crippen molar-refractivity contribution in [3.05, 3.63) is 30.1 Å². The van der Waals surface area contributed by atoms with Crippen LogP contribution in [0.5, 0.6) is 0 Å². The normalized spacial score (nSPS) is 23.6. The van der Waals surface area contributed by atoms with E-state index < -0.39 is 0 Å². The molecule has 17 heavy (non-hydrogen) atoms. The van der Waals surface area contributed by atoms with Crippen LogP contribution in [-0.4, -0.2) is 29.5 Å². The number of nitrogens with zero attached hydrogens (tertiary/aromatic N) is 1. The summed E-state index contributed by atoms with van der Waals surface area (Å²) in [5.41, 5.74) is 7.16. The maximum atomic E-state index is 11.8. The summed E-state index contributed by atoms with van der Waals surface area (Å²) in [6.45, 7) is 2.70. The van der Waals surface area contributed by atoms with Crippen LogP contribution < -0.4 is 16.2 Å². The Hall–Kier alpha value is -1.46. The molecule has 0 radical (unpaired) electrons. The summed E-state index contributed by atoms with van der Waals surface area (Å²) in [5, 5.41) is 2.92. The molecule has 3 N–H and O–H groups in total. The van der Waals surface area contributed by atoms with Gasteiger partial charge in [0.25, 0.3) is 0 Å². The number of carbonyl (C=O) groups is 1. The largest absolute Gasteiger partial charge is 0.354 e. The van der Waals surface area contributed by atoms with Crippen LogP contribution in [0.15, 0.2) is 24.5 Å². The molecule has 2 atom stereocenters.